The van der Waals surface area contributed by atoms with Crippen molar-refractivity contribution in [2.45, 2.75) is 58.2 Å². The molecule has 2 saturated heterocycles. The fourth-order valence-electron chi connectivity index (χ4n) is 3.98. The Kier molecular flexibility index (Phi) is 4.96. The first-order valence-electron chi connectivity index (χ1n) is 9.19. The standard InChI is InChI=1S/C18H27N5S/c1-14-19-18(21-20-14)17-6-5-9-23(17)12-16-10-15(13-24-16)11-22-7-3-2-4-8-22/h10,13,17H,2-9,11-12H2,1H3,(H,19,20,21)/t17-/m0/s1. The highest BCUT2D eigenvalue weighted by atomic mass is 32.1. The number of aromatic amines is 1. The van der Waals surface area contributed by atoms with Gasteiger partial charge in [0, 0.05) is 18.0 Å². The van der Waals surface area contributed by atoms with Crippen LogP contribution in [0.3, 0.4) is 0 Å². The molecule has 0 saturated carbocycles. The van der Waals surface area contributed by atoms with Crippen LogP contribution < -0.4 is 0 Å². The Hall–Kier alpha value is -1.24. The van der Waals surface area contributed by atoms with E-state index in [-0.39, 0.29) is 0 Å². The molecule has 0 amide bonds. The third-order valence-corrected chi connectivity index (χ3v) is 6.17. The molecule has 2 aromatic heterocycles. The van der Waals surface area contributed by atoms with E-state index in [4.69, 9.17) is 0 Å². The van der Waals surface area contributed by atoms with Crippen LogP contribution in [0.2, 0.25) is 0 Å². The average Bonchev–Trinajstić information content (AvgIpc) is 3.31. The van der Waals surface area contributed by atoms with Gasteiger partial charge in [-0.25, -0.2) is 4.98 Å². The van der Waals surface area contributed by atoms with Crippen molar-refractivity contribution in [2.24, 2.45) is 0 Å². The summed E-state index contributed by atoms with van der Waals surface area (Å²) in [5.74, 6) is 1.88. The Labute approximate surface area is 148 Å². The summed E-state index contributed by atoms with van der Waals surface area (Å²) in [4.78, 5) is 11.2. The first kappa shape index (κ1) is 16.2. The van der Waals surface area contributed by atoms with Crippen LogP contribution in [-0.2, 0) is 13.1 Å². The van der Waals surface area contributed by atoms with E-state index in [1.165, 1.54) is 55.6 Å². The van der Waals surface area contributed by atoms with E-state index in [2.05, 4.69) is 36.4 Å². The van der Waals surface area contributed by atoms with Crippen molar-refractivity contribution < 1.29 is 0 Å². The molecule has 2 aromatic rings. The SMILES string of the molecule is Cc1nc([C@@H]2CCCN2Cc2cc(CN3CCCCC3)cs2)n[nH]1. The highest BCUT2D eigenvalue weighted by Crippen LogP contribution is 2.32. The van der Waals surface area contributed by atoms with E-state index < -0.39 is 0 Å². The summed E-state index contributed by atoms with van der Waals surface area (Å²) < 4.78 is 0. The summed E-state index contributed by atoms with van der Waals surface area (Å²) in [7, 11) is 0. The van der Waals surface area contributed by atoms with Gasteiger partial charge in [-0.05, 0) is 69.3 Å². The minimum atomic E-state index is 0.377. The van der Waals surface area contributed by atoms with E-state index >= 15 is 0 Å². The van der Waals surface area contributed by atoms with Gasteiger partial charge >= 0.3 is 0 Å². The number of aryl methyl sites for hydroxylation is 1. The van der Waals surface area contributed by atoms with E-state index in [1.807, 2.05) is 18.3 Å². The lowest BCUT2D eigenvalue weighted by molar-refractivity contribution is 0.221. The highest BCUT2D eigenvalue weighted by molar-refractivity contribution is 7.10. The van der Waals surface area contributed by atoms with Crippen molar-refractivity contribution in [3.8, 4) is 0 Å². The van der Waals surface area contributed by atoms with Crippen LogP contribution in [0.5, 0.6) is 0 Å². The number of hydrogen-bond donors (Lipinski definition) is 1. The second-order valence-electron chi connectivity index (χ2n) is 7.17. The summed E-state index contributed by atoms with van der Waals surface area (Å²) in [6.07, 6.45) is 6.54. The molecule has 0 spiro atoms. The number of thiophene rings is 1. The van der Waals surface area contributed by atoms with Crippen LogP contribution in [0, 0.1) is 6.92 Å². The molecule has 130 valence electrons. The van der Waals surface area contributed by atoms with Gasteiger partial charge in [0.1, 0.15) is 5.82 Å². The molecular weight excluding hydrogens is 318 g/mol. The zero-order valence-electron chi connectivity index (χ0n) is 14.5. The molecule has 24 heavy (non-hydrogen) atoms. The van der Waals surface area contributed by atoms with Gasteiger partial charge in [-0.3, -0.25) is 14.9 Å². The van der Waals surface area contributed by atoms with Gasteiger partial charge in [-0.1, -0.05) is 6.42 Å². The van der Waals surface area contributed by atoms with Crippen molar-refractivity contribution in [3.05, 3.63) is 33.5 Å². The predicted molar refractivity (Wildman–Crippen MR) is 97.0 cm³/mol. The van der Waals surface area contributed by atoms with Gasteiger partial charge in [0.25, 0.3) is 0 Å². The Morgan fingerprint density at radius 2 is 2.04 bits per heavy atom. The first-order chi connectivity index (χ1) is 11.8. The maximum absolute atomic E-state index is 4.56. The third kappa shape index (κ3) is 3.71. The molecular formula is C18H27N5S. The second kappa shape index (κ2) is 7.33. The third-order valence-electron chi connectivity index (χ3n) is 5.20. The number of aromatic nitrogens is 3. The lowest BCUT2D eigenvalue weighted by Gasteiger charge is -2.25. The second-order valence-corrected chi connectivity index (χ2v) is 8.16. The van der Waals surface area contributed by atoms with Crippen LogP contribution in [-0.4, -0.2) is 44.6 Å². The molecule has 2 fully saturated rings. The van der Waals surface area contributed by atoms with Crippen molar-refractivity contribution >= 4 is 11.3 Å². The lowest BCUT2D eigenvalue weighted by Crippen LogP contribution is -2.28. The molecule has 0 aromatic carbocycles. The molecule has 1 atom stereocenters. The molecule has 0 bridgehead atoms. The number of piperidine rings is 1. The van der Waals surface area contributed by atoms with Crippen LogP contribution in [0.4, 0.5) is 0 Å². The summed E-state index contributed by atoms with van der Waals surface area (Å²) in [6, 6.07) is 2.79. The quantitative estimate of drug-likeness (QED) is 0.901. The molecule has 4 rings (SSSR count). The molecule has 2 aliphatic heterocycles. The van der Waals surface area contributed by atoms with Crippen molar-refractivity contribution in [2.75, 3.05) is 19.6 Å². The summed E-state index contributed by atoms with van der Waals surface area (Å²) in [6.45, 7) is 7.82. The minimum Gasteiger partial charge on any atom is -0.299 e. The van der Waals surface area contributed by atoms with Crippen molar-refractivity contribution in [1.82, 2.24) is 25.0 Å². The maximum atomic E-state index is 4.56. The number of rotatable bonds is 5. The molecule has 0 aliphatic carbocycles. The van der Waals surface area contributed by atoms with Crippen molar-refractivity contribution in [3.63, 3.8) is 0 Å². The zero-order valence-corrected chi connectivity index (χ0v) is 15.3. The minimum absolute atomic E-state index is 0.377. The Balaban J connectivity index is 1.38. The predicted octanol–water partition coefficient (Wildman–Crippen LogP) is 3.50. The molecule has 4 heterocycles. The smallest absolute Gasteiger partial charge is 0.167 e. The number of H-pyrrole nitrogens is 1. The Morgan fingerprint density at radius 3 is 2.83 bits per heavy atom. The van der Waals surface area contributed by atoms with E-state index in [1.54, 1.807) is 0 Å². The zero-order chi connectivity index (χ0) is 16.4. The highest BCUT2D eigenvalue weighted by Gasteiger charge is 2.29. The largest absolute Gasteiger partial charge is 0.299 e. The number of nitrogens with one attached hydrogen (secondary N) is 1. The van der Waals surface area contributed by atoms with Gasteiger partial charge in [0.2, 0.25) is 0 Å². The summed E-state index contributed by atoms with van der Waals surface area (Å²) >= 11 is 1.91. The molecule has 5 nitrogen and oxygen atoms in total. The van der Waals surface area contributed by atoms with E-state index in [0.717, 1.165) is 31.3 Å². The van der Waals surface area contributed by atoms with Gasteiger partial charge in [-0.15, -0.1) is 11.3 Å². The number of hydrogen-bond acceptors (Lipinski definition) is 5. The monoisotopic (exact) mass is 345 g/mol. The lowest BCUT2D eigenvalue weighted by atomic mass is 10.1. The Bertz CT molecular complexity index is 658. The Morgan fingerprint density at radius 1 is 1.17 bits per heavy atom. The molecule has 1 N–H and O–H groups in total. The average molecular weight is 346 g/mol. The molecule has 2 aliphatic rings. The van der Waals surface area contributed by atoms with Crippen LogP contribution in [0.15, 0.2) is 11.4 Å². The number of nitrogens with zero attached hydrogens (tertiary/aromatic N) is 4. The van der Waals surface area contributed by atoms with Crippen LogP contribution >= 0.6 is 11.3 Å². The fourth-order valence-corrected chi connectivity index (χ4v) is 4.89. The van der Waals surface area contributed by atoms with E-state index in [0.29, 0.717) is 6.04 Å². The van der Waals surface area contributed by atoms with Gasteiger partial charge in [0.05, 0.1) is 6.04 Å². The van der Waals surface area contributed by atoms with Gasteiger partial charge in [0.15, 0.2) is 5.82 Å². The summed E-state index contributed by atoms with van der Waals surface area (Å²) in [5, 5.41) is 9.73. The molecule has 0 radical (unpaired) electrons. The van der Waals surface area contributed by atoms with Crippen LogP contribution in [0.25, 0.3) is 0 Å². The maximum Gasteiger partial charge on any atom is 0.167 e. The first-order valence-corrected chi connectivity index (χ1v) is 10.1. The molecule has 6 heteroatoms. The van der Waals surface area contributed by atoms with Gasteiger partial charge < -0.3 is 0 Å². The topological polar surface area (TPSA) is 48.1 Å². The normalized spacial score (nSPS) is 23.1. The summed E-state index contributed by atoms with van der Waals surface area (Å²) in [5.41, 5.74) is 1.49. The van der Waals surface area contributed by atoms with Crippen LogP contribution in [0.1, 0.15) is 60.2 Å². The number of likely N-dealkylation sites (tertiary alicyclic amines) is 2. The molecule has 0 unspecified atom stereocenters. The fraction of sp³-hybridized carbons (Fsp3) is 0.667. The van der Waals surface area contributed by atoms with Gasteiger partial charge in [-0.2, -0.15) is 5.10 Å². The van der Waals surface area contributed by atoms with Crippen molar-refractivity contribution in [1.29, 1.82) is 0 Å². The van der Waals surface area contributed by atoms with E-state index in [9.17, 15) is 0 Å².